The molecule has 0 aromatic carbocycles. The number of methoxy groups -OCH3 is 1. The normalized spacial score (nSPS) is 10.3. The minimum Gasteiger partial charge on any atom is -0.489 e. The van der Waals surface area contributed by atoms with Crippen molar-refractivity contribution in [2.24, 2.45) is 5.84 Å². The van der Waals surface area contributed by atoms with Crippen molar-refractivity contribution in [3.05, 3.63) is 6.33 Å². The Hall–Kier alpha value is -1.56. The van der Waals surface area contributed by atoms with E-state index in [2.05, 4.69) is 22.3 Å². The molecule has 0 radical (unpaired) electrons. The van der Waals surface area contributed by atoms with Gasteiger partial charge in [0.2, 0.25) is 5.75 Å². The number of unbranched alkanes of at least 4 members (excludes halogenated alkanes) is 5. The molecule has 1 heterocycles. The second-order valence-electron chi connectivity index (χ2n) is 4.32. The minimum atomic E-state index is 0.426. The number of rotatable bonds is 10. The maximum absolute atomic E-state index is 5.61. The summed E-state index contributed by atoms with van der Waals surface area (Å²) in [7, 11) is 1.54. The highest BCUT2D eigenvalue weighted by molar-refractivity contribution is 5.54. The zero-order valence-electron chi connectivity index (χ0n) is 11.8. The maximum Gasteiger partial charge on any atom is 0.262 e. The van der Waals surface area contributed by atoms with Crippen molar-refractivity contribution in [1.29, 1.82) is 0 Å². The highest BCUT2D eigenvalue weighted by Gasteiger charge is 2.12. The summed E-state index contributed by atoms with van der Waals surface area (Å²) in [6.45, 7) is 2.84. The molecule has 1 aromatic rings. The topological polar surface area (TPSA) is 82.3 Å². The Morgan fingerprint density at radius 2 is 1.89 bits per heavy atom. The van der Waals surface area contributed by atoms with Crippen molar-refractivity contribution >= 4 is 5.82 Å². The molecule has 6 heteroatoms. The molecule has 6 nitrogen and oxygen atoms in total. The number of hydrazine groups is 1. The van der Waals surface area contributed by atoms with Crippen molar-refractivity contribution in [2.75, 3.05) is 19.1 Å². The van der Waals surface area contributed by atoms with Crippen LogP contribution in [0, 0.1) is 0 Å². The molecule has 3 N–H and O–H groups in total. The Morgan fingerprint density at radius 1 is 1.16 bits per heavy atom. The second kappa shape index (κ2) is 9.38. The lowest BCUT2D eigenvalue weighted by atomic mass is 10.1. The molecule has 1 rings (SSSR count). The summed E-state index contributed by atoms with van der Waals surface area (Å²) in [6.07, 6.45) is 8.73. The standard InChI is InChI=1S/C13H24N4O2/c1-3-4-5-6-7-8-9-19-13-11(18-2)12(17-14)15-10-16-13/h10H,3-9,14H2,1-2H3,(H,15,16,17). The van der Waals surface area contributed by atoms with Gasteiger partial charge in [0.05, 0.1) is 13.7 Å². The van der Waals surface area contributed by atoms with Crippen LogP contribution in [0.15, 0.2) is 6.33 Å². The molecule has 0 amide bonds. The van der Waals surface area contributed by atoms with Crippen LogP contribution >= 0.6 is 0 Å². The van der Waals surface area contributed by atoms with Gasteiger partial charge in [-0.25, -0.2) is 10.8 Å². The van der Waals surface area contributed by atoms with Crippen molar-refractivity contribution in [3.63, 3.8) is 0 Å². The van der Waals surface area contributed by atoms with Gasteiger partial charge < -0.3 is 14.9 Å². The van der Waals surface area contributed by atoms with Crippen molar-refractivity contribution in [2.45, 2.75) is 45.4 Å². The van der Waals surface area contributed by atoms with Crippen LogP contribution in [0.25, 0.3) is 0 Å². The molecule has 0 bridgehead atoms. The van der Waals surface area contributed by atoms with E-state index in [1.165, 1.54) is 45.5 Å². The number of nitrogens with one attached hydrogen (secondary N) is 1. The summed E-state index contributed by atoms with van der Waals surface area (Å²) in [5, 5.41) is 0. The molecule has 0 unspecified atom stereocenters. The fourth-order valence-electron chi connectivity index (χ4n) is 1.80. The van der Waals surface area contributed by atoms with Gasteiger partial charge in [-0.05, 0) is 6.42 Å². The van der Waals surface area contributed by atoms with Crippen LogP contribution < -0.4 is 20.7 Å². The van der Waals surface area contributed by atoms with E-state index in [-0.39, 0.29) is 0 Å². The monoisotopic (exact) mass is 268 g/mol. The van der Waals surface area contributed by atoms with Crippen LogP contribution in [-0.4, -0.2) is 23.7 Å². The number of hydrogen-bond acceptors (Lipinski definition) is 6. The molecule has 19 heavy (non-hydrogen) atoms. The summed E-state index contributed by atoms with van der Waals surface area (Å²) < 4.78 is 10.8. The second-order valence-corrected chi connectivity index (χ2v) is 4.32. The van der Waals surface area contributed by atoms with E-state index in [0.29, 0.717) is 24.1 Å². The Bertz CT molecular complexity index is 360. The smallest absolute Gasteiger partial charge is 0.262 e. The van der Waals surface area contributed by atoms with Gasteiger partial charge in [0.1, 0.15) is 6.33 Å². The Balaban J connectivity index is 2.33. The lowest BCUT2D eigenvalue weighted by Crippen LogP contribution is -2.11. The third-order valence-corrected chi connectivity index (χ3v) is 2.85. The summed E-state index contributed by atoms with van der Waals surface area (Å²) >= 11 is 0. The number of nitrogens with two attached hydrogens (primary N) is 1. The minimum absolute atomic E-state index is 0.426. The molecule has 0 fully saturated rings. The summed E-state index contributed by atoms with van der Waals surface area (Å²) in [6, 6.07) is 0. The van der Waals surface area contributed by atoms with E-state index in [1.807, 2.05) is 0 Å². The van der Waals surface area contributed by atoms with E-state index < -0.39 is 0 Å². The zero-order chi connectivity index (χ0) is 13.9. The molecule has 0 aliphatic carbocycles. The molecule has 0 atom stereocenters. The Labute approximate surface area is 114 Å². The number of aromatic nitrogens is 2. The number of nitrogen functional groups attached to an aromatic ring is 1. The van der Waals surface area contributed by atoms with E-state index >= 15 is 0 Å². The van der Waals surface area contributed by atoms with Gasteiger partial charge in [0, 0.05) is 0 Å². The largest absolute Gasteiger partial charge is 0.489 e. The van der Waals surface area contributed by atoms with Gasteiger partial charge in [-0.2, -0.15) is 4.98 Å². The average Bonchev–Trinajstić information content (AvgIpc) is 2.45. The summed E-state index contributed by atoms with van der Waals surface area (Å²) in [4.78, 5) is 8.01. The van der Waals surface area contributed by atoms with Crippen LogP contribution in [0.4, 0.5) is 5.82 Å². The van der Waals surface area contributed by atoms with Crippen molar-refractivity contribution in [3.8, 4) is 11.6 Å². The van der Waals surface area contributed by atoms with Gasteiger partial charge in [-0.3, -0.25) is 0 Å². The molecule has 0 aliphatic heterocycles. The number of anilines is 1. The predicted octanol–water partition coefficient (Wildman–Crippen LogP) is 2.51. The molecule has 0 saturated heterocycles. The molecule has 1 aromatic heterocycles. The molecule has 0 spiro atoms. The van der Waals surface area contributed by atoms with E-state index in [0.717, 1.165) is 6.42 Å². The van der Waals surface area contributed by atoms with Crippen LogP contribution in [0.2, 0.25) is 0 Å². The summed E-state index contributed by atoms with van der Waals surface area (Å²) in [5.74, 6) is 6.64. The fourth-order valence-corrected chi connectivity index (χ4v) is 1.80. The molecule has 0 aliphatic rings. The van der Waals surface area contributed by atoms with E-state index in [4.69, 9.17) is 15.3 Å². The number of ether oxygens (including phenoxy) is 2. The first kappa shape index (κ1) is 15.5. The maximum atomic E-state index is 5.61. The van der Waals surface area contributed by atoms with Gasteiger partial charge in [-0.15, -0.1) is 0 Å². The third-order valence-electron chi connectivity index (χ3n) is 2.85. The average molecular weight is 268 g/mol. The molecule has 108 valence electrons. The predicted molar refractivity (Wildman–Crippen MR) is 75.3 cm³/mol. The zero-order valence-corrected chi connectivity index (χ0v) is 11.8. The SMILES string of the molecule is CCCCCCCCOc1ncnc(NN)c1OC. The first-order valence-corrected chi connectivity index (χ1v) is 6.81. The number of hydrogen-bond donors (Lipinski definition) is 2. The lowest BCUT2D eigenvalue weighted by molar-refractivity contribution is 0.273. The van der Waals surface area contributed by atoms with E-state index in [1.54, 1.807) is 0 Å². The lowest BCUT2D eigenvalue weighted by Gasteiger charge is -2.11. The Morgan fingerprint density at radius 3 is 2.58 bits per heavy atom. The van der Waals surface area contributed by atoms with Gasteiger partial charge in [0.25, 0.3) is 5.88 Å². The fraction of sp³-hybridized carbons (Fsp3) is 0.692. The van der Waals surface area contributed by atoms with Crippen LogP contribution in [0.1, 0.15) is 45.4 Å². The van der Waals surface area contributed by atoms with E-state index in [9.17, 15) is 0 Å². The van der Waals surface area contributed by atoms with Crippen LogP contribution in [0.3, 0.4) is 0 Å². The quantitative estimate of drug-likeness (QED) is 0.385. The molecular formula is C13H24N4O2. The van der Waals surface area contributed by atoms with Crippen LogP contribution in [0.5, 0.6) is 11.6 Å². The Kier molecular flexibility index (Phi) is 7.65. The third kappa shape index (κ3) is 5.30. The molecule has 0 saturated carbocycles. The van der Waals surface area contributed by atoms with Crippen molar-refractivity contribution < 1.29 is 9.47 Å². The van der Waals surface area contributed by atoms with Gasteiger partial charge in [-0.1, -0.05) is 39.0 Å². The first-order valence-electron chi connectivity index (χ1n) is 6.81. The highest BCUT2D eigenvalue weighted by Crippen LogP contribution is 2.30. The molecular weight excluding hydrogens is 244 g/mol. The first-order chi connectivity index (χ1) is 9.33. The van der Waals surface area contributed by atoms with Crippen molar-refractivity contribution in [1.82, 2.24) is 9.97 Å². The van der Waals surface area contributed by atoms with Crippen LogP contribution in [-0.2, 0) is 0 Å². The highest BCUT2D eigenvalue weighted by atomic mass is 16.5. The number of nitrogens with zero attached hydrogens (tertiary/aromatic N) is 2. The van der Waals surface area contributed by atoms with Gasteiger partial charge >= 0.3 is 0 Å². The summed E-state index contributed by atoms with van der Waals surface area (Å²) in [5.41, 5.74) is 2.46. The van der Waals surface area contributed by atoms with Gasteiger partial charge in [0.15, 0.2) is 5.82 Å².